The van der Waals surface area contributed by atoms with Crippen LogP contribution in [0.4, 0.5) is 0 Å². The summed E-state index contributed by atoms with van der Waals surface area (Å²) in [7, 11) is 0. The molecule has 0 saturated heterocycles. The molecule has 0 amide bonds. The van der Waals surface area contributed by atoms with E-state index in [0.717, 1.165) is 12.0 Å². The van der Waals surface area contributed by atoms with Gasteiger partial charge in [-0.3, -0.25) is 0 Å². The van der Waals surface area contributed by atoms with Crippen LogP contribution in [0.25, 0.3) is 0 Å². The first-order valence-electron chi connectivity index (χ1n) is 5.44. The van der Waals surface area contributed by atoms with Crippen molar-refractivity contribution in [2.24, 2.45) is 11.1 Å². The van der Waals surface area contributed by atoms with E-state index in [9.17, 15) is 0 Å². The average molecular weight is 216 g/mol. The molecule has 3 nitrogen and oxygen atoms in total. The molecule has 1 atom stereocenters. The minimum absolute atomic E-state index is 0.0454. The summed E-state index contributed by atoms with van der Waals surface area (Å²) in [4.78, 5) is 5.12. The second kappa shape index (κ2) is 7.47. The molecule has 0 aromatic heterocycles. The molecule has 0 radical (unpaired) electrons. The van der Waals surface area contributed by atoms with Gasteiger partial charge < -0.3 is 4.84 Å². The van der Waals surface area contributed by atoms with Crippen LogP contribution in [0.3, 0.4) is 0 Å². The molecule has 0 aliphatic carbocycles. The second-order valence-corrected chi connectivity index (χ2v) is 3.52. The maximum atomic E-state index is 8.71. The first-order valence-corrected chi connectivity index (χ1v) is 5.44. The zero-order chi connectivity index (χ0) is 11.6. The van der Waals surface area contributed by atoms with Gasteiger partial charge in [0.05, 0.1) is 12.0 Å². The van der Waals surface area contributed by atoms with Gasteiger partial charge in [-0.05, 0) is 12.0 Å². The third kappa shape index (κ3) is 4.61. The molecule has 16 heavy (non-hydrogen) atoms. The van der Waals surface area contributed by atoms with Crippen molar-refractivity contribution >= 4 is 6.21 Å². The smallest absolute Gasteiger partial charge is 0.142 e. The molecule has 0 aliphatic rings. The average Bonchev–Trinajstić information content (AvgIpc) is 2.35. The van der Waals surface area contributed by atoms with Crippen LogP contribution in [0.5, 0.6) is 0 Å². The van der Waals surface area contributed by atoms with Crippen LogP contribution in [0.2, 0.25) is 0 Å². The van der Waals surface area contributed by atoms with E-state index in [1.165, 1.54) is 0 Å². The van der Waals surface area contributed by atoms with Gasteiger partial charge in [0.25, 0.3) is 0 Å². The van der Waals surface area contributed by atoms with Crippen molar-refractivity contribution in [3.63, 3.8) is 0 Å². The van der Waals surface area contributed by atoms with Crippen LogP contribution in [0, 0.1) is 17.2 Å². The Balaban J connectivity index is 2.21. The number of hydrogen-bond acceptors (Lipinski definition) is 3. The summed E-state index contributed by atoms with van der Waals surface area (Å²) in [5.41, 5.74) is 1.09. The lowest BCUT2D eigenvalue weighted by Crippen LogP contribution is -1.95. The van der Waals surface area contributed by atoms with Crippen LogP contribution in [-0.2, 0) is 11.4 Å². The van der Waals surface area contributed by atoms with E-state index in [1.54, 1.807) is 6.21 Å². The molecule has 0 saturated carbocycles. The summed E-state index contributed by atoms with van der Waals surface area (Å²) >= 11 is 0. The molecular weight excluding hydrogens is 200 g/mol. The van der Waals surface area contributed by atoms with Gasteiger partial charge >= 0.3 is 0 Å². The van der Waals surface area contributed by atoms with Crippen LogP contribution in [-0.4, -0.2) is 6.21 Å². The third-order valence-electron chi connectivity index (χ3n) is 2.29. The molecule has 0 aliphatic heterocycles. The summed E-state index contributed by atoms with van der Waals surface area (Å²) in [6.07, 6.45) is 3.17. The van der Waals surface area contributed by atoms with E-state index in [0.29, 0.717) is 13.0 Å². The van der Waals surface area contributed by atoms with Crippen molar-refractivity contribution in [2.45, 2.75) is 26.4 Å². The van der Waals surface area contributed by atoms with E-state index >= 15 is 0 Å². The molecule has 0 N–H and O–H groups in total. The number of benzene rings is 1. The standard InChI is InChI=1S/C13H16N2O/c1-2-12(10-14)8-9-15-16-11-13-6-4-3-5-7-13/h3-7,9,12H,2,8,11H2,1H3. The van der Waals surface area contributed by atoms with Gasteiger partial charge in [0.2, 0.25) is 0 Å². The van der Waals surface area contributed by atoms with Gasteiger partial charge in [-0.1, -0.05) is 42.4 Å². The zero-order valence-electron chi connectivity index (χ0n) is 9.47. The summed E-state index contributed by atoms with van der Waals surface area (Å²) in [5, 5.41) is 12.5. The fourth-order valence-corrected chi connectivity index (χ4v) is 1.22. The summed E-state index contributed by atoms with van der Waals surface area (Å²) < 4.78 is 0. The first kappa shape index (κ1) is 12.3. The minimum atomic E-state index is 0.0454. The third-order valence-corrected chi connectivity index (χ3v) is 2.29. The Morgan fingerprint density at radius 2 is 2.19 bits per heavy atom. The van der Waals surface area contributed by atoms with E-state index in [4.69, 9.17) is 10.1 Å². The second-order valence-electron chi connectivity index (χ2n) is 3.52. The predicted molar refractivity (Wildman–Crippen MR) is 63.7 cm³/mol. The number of nitrogens with zero attached hydrogens (tertiary/aromatic N) is 2. The maximum Gasteiger partial charge on any atom is 0.142 e. The Bertz CT molecular complexity index is 354. The maximum absolute atomic E-state index is 8.71. The Hall–Kier alpha value is -1.82. The lowest BCUT2D eigenvalue weighted by molar-refractivity contribution is 0.131. The van der Waals surface area contributed by atoms with Gasteiger partial charge in [-0.2, -0.15) is 5.26 Å². The number of hydrogen-bond donors (Lipinski definition) is 0. The molecule has 3 heteroatoms. The van der Waals surface area contributed by atoms with Crippen LogP contribution >= 0.6 is 0 Å². The Labute approximate surface area is 96.3 Å². The molecule has 0 bridgehead atoms. The lowest BCUT2D eigenvalue weighted by Gasteiger charge is -2.00. The van der Waals surface area contributed by atoms with Gasteiger partial charge in [0.15, 0.2) is 0 Å². The van der Waals surface area contributed by atoms with Gasteiger partial charge in [0, 0.05) is 12.6 Å². The first-order chi connectivity index (χ1) is 7.86. The van der Waals surface area contributed by atoms with Crippen LogP contribution in [0.1, 0.15) is 25.3 Å². The van der Waals surface area contributed by atoms with Crippen molar-refractivity contribution in [1.29, 1.82) is 5.26 Å². The van der Waals surface area contributed by atoms with Crippen molar-refractivity contribution < 1.29 is 4.84 Å². The quantitative estimate of drug-likeness (QED) is 0.541. The van der Waals surface area contributed by atoms with E-state index in [1.807, 2.05) is 37.3 Å². The normalized spacial score (nSPS) is 12.2. The van der Waals surface area contributed by atoms with Gasteiger partial charge in [-0.25, -0.2) is 0 Å². The summed E-state index contributed by atoms with van der Waals surface area (Å²) in [5.74, 6) is 0.0454. The Morgan fingerprint density at radius 3 is 2.81 bits per heavy atom. The van der Waals surface area contributed by atoms with E-state index in [2.05, 4.69) is 11.2 Å². The highest BCUT2D eigenvalue weighted by molar-refractivity contribution is 5.57. The summed E-state index contributed by atoms with van der Waals surface area (Å²) in [6.45, 7) is 2.47. The van der Waals surface area contributed by atoms with Crippen molar-refractivity contribution in [1.82, 2.24) is 0 Å². The predicted octanol–water partition coefficient (Wildman–Crippen LogP) is 3.13. The molecule has 1 aromatic carbocycles. The topological polar surface area (TPSA) is 45.4 Å². The molecule has 0 heterocycles. The highest BCUT2D eigenvalue weighted by Gasteiger charge is 2.00. The van der Waals surface area contributed by atoms with Crippen molar-refractivity contribution in [2.75, 3.05) is 0 Å². The Morgan fingerprint density at radius 1 is 1.44 bits per heavy atom. The fourth-order valence-electron chi connectivity index (χ4n) is 1.22. The molecule has 0 fully saturated rings. The van der Waals surface area contributed by atoms with Crippen LogP contribution < -0.4 is 0 Å². The highest BCUT2D eigenvalue weighted by atomic mass is 16.6. The van der Waals surface area contributed by atoms with Crippen molar-refractivity contribution in [3.8, 4) is 6.07 Å². The monoisotopic (exact) mass is 216 g/mol. The molecular formula is C13H16N2O. The zero-order valence-corrected chi connectivity index (χ0v) is 9.47. The fraction of sp³-hybridized carbons (Fsp3) is 0.385. The van der Waals surface area contributed by atoms with Gasteiger partial charge in [0.1, 0.15) is 6.61 Å². The molecule has 1 unspecified atom stereocenters. The summed E-state index contributed by atoms with van der Waals surface area (Å²) in [6, 6.07) is 12.1. The Kier molecular flexibility index (Phi) is 5.72. The van der Waals surface area contributed by atoms with E-state index < -0.39 is 0 Å². The molecule has 84 valence electrons. The van der Waals surface area contributed by atoms with E-state index in [-0.39, 0.29) is 5.92 Å². The number of nitriles is 1. The highest BCUT2D eigenvalue weighted by Crippen LogP contribution is 2.04. The minimum Gasteiger partial charge on any atom is -0.391 e. The van der Waals surface area contributed by atoms with Crippen LogP contribution in [0.15, 0.2) is 35.5 Å². The number of oxime groups is 1. The lowest BCUT2D eigenvalue weighted by atomic mass is 10.1. The number of rotatable bonds is 6. The largest absolute Gasteiger partial charge is 0.391 e. The molecule has 1 rings (SSSR count). The SMILES string of the molecule is CCC(C#N)CC=NOCc1ccccc1. The van der Waals surface area contributed by atoms with Crippen molar-refractivity contribution in [3.05, 3.63) is 35.9 Å². The van der Waals surface area contributed by atoms with Gasteiger partial charge in [-0.15, -0.1) is 0 Å². The molecule has 1 aromatic rings. The molecule has 0 spiro atoms.